The molecule has 0 aliphatic rings. The molecule has 0 fully saturated rings. The van der Waals surface area contributed by atoms with E-state index in [2.05, 4.69) is 15.9 Å². The van der Waals surface area contributed by atoms with Gasteiger partial charge >= 0.3 is 5.97 Å². The largest absolute Gasteiger partial charge is 0.497 e. The van der Waals surface area contributed by atoms with E-state index in [1.807, 2.05) is 0 Å². The standard InChI is InChI=1S/C11H11BrO4/c1-16-7-2-3-8(9(12)6-7)10(13)4-5-11(14)15/h2-3,6H,4-5H2,1H3,(H,14,15). The van der Waals surface area contributed by atoms with E-state index in [0.717, 1.165) is 0 Å². The molecular weight excluding hydrogens is 276 g/mol. The number of carbonyl (C=O) groups excluding carboxylic acids is 1. The van der Waals surface area contributed by atoms with E-state index < -0.39 is 5.97 Å². The Morgan fingerprint density at radius 1 is 1.38 bits per heavy atom. The van der Waals surface area contributed by atoms with Crippen LogP contribution in [-0.4, -0.2) is 24.0 Å². The van der Waals surface area contributed by atoms with E-state index >= 15 is 0 Å². The van der Waals surface area contributed by atoms with Crippen LogP contribution in [0.1, 0.15) is 23.2 Å². The van der Waals surface area contributed by atoms with Crippen LogP contribution in [-0.2, 0) is 4.79 Å². The van der Waals surface area contributed by atoms with Crippen LogP contribution >= 0.6 is 15.9 Å². The first-order valence-corrected chi connectivity index (χ1v) is 5.42. The van der Waals surface area contributed by atoms with Crippen molar-refractivity contribution in [3.8, 4) is 5.75 Å². The molecule has 0 aromatic heterocycles. The van der Waals surface area contributed by atoms with Gasteiger partial charge in [0.15, 0.2) is 5.78 Å². The fraction of sp³-hybridized carbons (Fsp3) is 0.273. The third-order valence-electron chi connectivity index (χ3n) is 2.04. The Kier molecular flexibility index (Phi) is 4.49. The van der Waals surface area contributed by atoms with Gasteiger partial charge in [0.05, 0.1) is 13.5 Å². The summed E-state index contributed by atoms with van der Waals surface area (Å²) >= 11 is 3.25. The fourth-order valence-electron chi connectivity index (χ4n) is 1.20. The summed E-state index contributed by atoms with van der Waals surface area (Å²) in [6.07, 6.45) is -0.155. The Balaban J connectivity index is 2.79. The van der Waals surface area contributed by atoms with Crippen molar-refractivity contribution in [2.45, 2.75) is 12.8 Å². The van der Waals surface area contributed by atoms with E-state index in [1.54, 1.807) is 18.2 Å². The first-order valence-electron chi connectivity index (χ1n) is 4.63. The Morgan fingerprint density at radius 3 is 2.56 bits per heavy atom. The molecule has 16 heavy (non-hydrogen) atoms. The Labute approximate surface area is 101 Å². The predicted molar refractivity (Wildman–Crippen MR) is 61.9 cm³/mol. The molecule has 1 aromatic rings. The highest BCUT2D eigenvalue weighted by Crippen LogP contribution is 2.24. The molecule has 5 heteroatoms. The minimum Gasteiger partial charge on any atom is -0.497 e. The number of ether oxygens (including phenoxy) is 1. The minimum atomic E-state index is -0.974. The molecule has 86 valence electrons. The second-order valence-corrected chi connectivity index (χ2v) is 4.02. The summed E-state index contributed by atoms with van der Waals surface area (Å²) in [5.41, 5.74) is 0.474. The predicted octanol–water partition coefficient (Wildman–Crippen LogP) is 2.51. The number of carbonyl (C=O) groups is 2. The van der Waals surface area contributed by atoms with Crippen molar-refractivity contribution in [1.29, 1.82) is 0 Å². The molecule has 0 bridgehead atoms. The van der Waals surface area contributed by atoms with Crippen LogP contribution in [0.5, 0.6) is 5.75 Å². The van der Waals surface area contributed by atoms with Gasteiger partial charge in [-0.25, -0.2) is 0 Å². The zero-order valence-electron chi connectivity index (χ0n) is 8.70. The van der Waals surface area contributed by atoms with Crippen molar-refractivity contribution in [3.05, 3.63) is 28.2 Å². The molecule has 4 nitrogen and oxygen atoms in total. The SMILES string of the molecule is COc1ccc(C(=O)CCC(=O)O)c(Br)c1. The van der Waals surface area contributed by atoms with E-state index in [-0.39, 0.29) is 18.6 Å². The van der Waals surface area contributed by atoms with Gasteiger partial charge in [-0.05, 0) is 34.1 Å². The molecule has 0 radical (unpaired) electrons. The molecule has 1 N–H and O–H groups in total. The van der Waals surface area contributed by atoms with Crippen molar-refractivity contribution in [3.63, 3.8) is 0 Å². The maximum atomic E-state index is 11.6. The first kappa shape index (κ1) is 12.7. The molecule has 0 aliphatic heterocycles. The van der Waals surface area contributed by atoms with Crippen LogP contribution in [0.3, 0.4) is 0 Å². The maximum Gasteiger partial charge on any atom is 0.303 e. The number of Topliss-reactive ketones (excluding diaryl/α,β-unsaturated/α-hetero) is 1. The second kappa shape index (κ2) is 5.65. The van der Waals surface area contributed by atoms with E-state index in [4.69, 9.17) is 9.84 Å². The third kappa shape index (κ3) is 3.34. The molecule has 0 amide bonds. The van der Waals surface area contributed by atoms with Crippen LogP contribution in [0.4, 0.5) is 0 Å². The summed E-state index contributed by atoms with van der Waals surface area (Å²) in [4.78, 5) is 22.0. The van der Waals surface area contributed by atoms with Gasteiger partial charge in [0.2, 0.25) is 0 Å². The Morgan fingerprint density at radius 2 is 2.06 bits per heavy atom. The summed E-state index contributed by atoms with van der Waals surface area (Å²) in [7, 11) is 1.54. The molecule has 0 aliphatic carbocycles. The second-order valence-electron chi connectivity index (χ2n) is 3.16. The average Bonchev–Trinajstić information content (AvgIpc) is 2.25. The number of carboxylic acid groups (broad SMARTS) is 1. The lowest BCUT2D eigenvalue weighted by molar-refractivity contribution is -0.136. The number of aliphatic carboxylic acids is 1. The van der Waals surface area contributed by atoms with Gasteiger partial charge in [0, 0.05) is 16.5 Å². The minimum absolute atomic E-state index is 0.000260. The Hall–Kier alpha value is -1.36. The van der Waals surface area contributed by atoms with Gasteiger partial charge in [-0.3, -0.25) is 9.59 Å². The summed E-state index contributed by atoms with van der Waals surface area (Å²) in [6.45, 7) is 0. The number of halogens is 1. The van der Waals surface area contributed by atoms with Crippen molar-refractivity contribution in [1.82, 2.24) is 0 Å². The van der Waals surface area contributed by atoms with Gasteiger partial charge in [0.25, 0.3) is 0 Å². The molecule has 1 rings (SSSR count). The Bertz CT molecular complexity index is 414. The maximum absolute atomic E-state index is 11.6. The summed E-state index contributed by atoms with van der Waals surface area (Å²) in [5, 5.41) is 8.48. The van der Waals surface area contributed by atoms with Gasteiger partial charge in [-0.2, -0.15) is 0 Å². The highest BCUT2D eigenvalue weighted by Gasteiger charge is 2.12. The highest BCUT2D eigenvalue weighted by molar-refractivity contribution is 9.10. The fourth-order valence-corrected chi connectivity index (χ4v) is 1.78. The zero-order valence-corrected chi connectivity index (χ0v) is 10.3. The summed E-state index contributed by atoms with van der Waals surface area (Å²) in [6, 6.07) is 4.96. The lowest BCUT2D eigenvalue weighted by atomic mass is 10.1. The normalized spacial score (nSPS) is 9.88. The van der Waals surface area contributed by atoms with Gasteiger partial charge in [0.1, 0.15) is 5.75 Å². The topological polar surface area (TPSA) is 63.6 Å². The molecule has 0 unspecified atom stereocenters. The molecule has 0 heterocycles. The third-order valence-corrected chi connectivity index (χ3v) is 2.70. The lowest BCUT2D eigenvalue weighted by Crippen LogP contribution is -2.04. The number of benzene rings is 1. The molecule has 0 saturated carbocycles. The number of hydrogen-bond acceptors (Lipinski definition) is 3. The van der Waals surface area contributed by atoms with Crippen molar-refractivity contribution >= 4 is 27.7 Å². The van der Waals surface area contributed by atoms with Crippen LogP contribution in [0.2, 0.25) is 0 Å². The van der Waals surface area contributed by atoms with Crippen LogP contribution in [0, 0.1) is 0 Å². The van der Waals surface area contributed by atoms with E-state index in [9.17, 15) is 9.59 Å². The highest BCUT2D eigenvalue weighted by atomic mass is 79.9. The average molecular weight is 287 g/mol. The number of carboxylic acids is 1. The van der Waals surface area contributed by atoms with Crippen LogP contribution < -0.4 is 4.74 Å². The van der Waals surface area contributed by atoms with Gasteiger partial charge < -0.3 is 9.84 Å². The zero-order chi connectivity index (χ0) is 12.1. The summed E-state index contributed by atoms with van der Waals surface area (Å²) in [5.74, 6) is -0.531. The lowest BCUT2D eigenvalue weighted by Gasteiger charge is -2.05. The quantitative estimate of drug-likeness (QED) is 0.845. The van der Waals surface area contributed by atoms with E-state index in [0.29, 0.717) is 15.8 Å². The van der Waals surface area contributed by atoms with Crippen LogP contribution in [0.15, 0.2) is 22.7 Å². The van der Waals surface area contributed by atoms with Crippen molar-refractivity contribution in [2.75, 3.05) is 7.11 Å². The number of hydrogen-bond donors (Lipinski definition) is 1. The number of methoxy groups -OCH3 is 1. The summed E-state index contributed by atoms with van der Waals surface area (Å²) < 4.78 is 5.61. The smallest absolute Gasteiger partial charge is 0.303 e. The first-order chi connectivity index (χ1) is 7.54. The van der Waals surface area contributed by atoms with Crippen molar-refractivity contribution < 1.29 is 19.4 Å². The molecule has 1 aromatic carbocycles. The van der Waals surface area contributed by atoms with Crippen LogP contribution in [0.25, 0.3) is 0 Å². The van der Waals surface area contributed by atoms with Crippen molar-refractivity contribution in [2.24, 2.45) is 0 Å². The molecule has 0 spiro atoms. The number of ketones is 1. The number of rotatable bonds is 5. The van der Waals surface area contributed by atoms with Gasteiger partial charge in [-0.1, -0.05) is 0 Å². The molecular formula is C11H11BrO4. The van der Waals surface area contributed by atoms with Gasteiger partial charge in [-0.15, -0.1) is 0 Å². The monoisotopic (exact) mass is 286 g/mol. The van der Waals surface area contributed by atoms with E-state index in [1.165, 1.54) is 7.11 Å². The molecule has 0 atom stereocenters. The molecule has 0 saturated heterocycles.